The molecule has 138 valence electrons. The fourth-order valence-corrected chi connectivity index (χ4v) is 2.60. The minimum absolute atomic E-state index is 0.0391. The molecule has 1 aromatic carbocycles. The number of aliphatic hydroxyl groups excluding tert-OH is 1. The van der Waals surface area contributed by atoms with E-state index in [4.69, 9.17) is 21.4 Å². The lowest BCUT2D eigenvalue weighted by Crippen LogP contribution is -2.39. The number of nitrogens with zero attached hydrogens (tertiary/aromatic N) is 5. The number of benzene rings is 1. The highest BCUT2D eigenvalue weighted by molar-refractivity contribution is 6.30. The summed E-state index contributed by atoms with van der Waals surface area (Å²) in [5.41, 5.74) is -0.711. The molecule has 2 aromatic heterocycles. The molecule has 0 radical (unpaired) electrons. The lowest BCUT2D eigenvalue weighted by Gasteiger charge is -2.08. The summed E-state index contributed by atoms with van der Waals surface area (Å²) in [6.45, 7) is -0.235. The van der Waals surface area contributed by atoms with Crippen molar-refractivity contribution in [2.75, 3.05) is 0 Å². The number of aromatic nitrogens is 4. The molecule has 3 rings (SSSR count). The predicted molar refractivity (Wildman–Crippen MR) is 94.2 cm³/mol. The first-order valence-electron chi connectivity index (χ1n) is 7.85. The maximum Gasteiger partial charge on any atom is 0.332 e. The molecule has 0 fully saturated rings. The van der Waals surface area contributed by atoms with Gasteiger partial charge in [0, 0.05) is 24.6 Å². The van der Waals surface area contributed by atoms with Crippen LogP contribution in [-0.2, 0) is 20.0 Å². The average Bonchev–Trinajstić information content (AvgIpc) is 3.09. The minimum Gasteiger partial charge on any atom is -0.388 e. The topological polar surface area (TPSA) is 127 Å². The van der Waals surface area contributed by atoms with Crippen LogP contribution in [0.4, 0.5) is 0 Å². The van der Waals surface area contributed by atoms with E-state index < -0.39 is 17.4 Å². The number of halogens is 1. The molecule has 0 aliphatic carbocycles. The van der Waals surface area contributed by atoms with Crippen LogP contribution in [0.5, 0.6) is 0 Å². The third-order valence-corrected chi connectivity index (χ3v) is 4.21. The summed E-state index contributed by atoms with van der Waals surface area (Å²) in [7, 11) is 1.39. The molecule has 0 spiro atoms. The monoisotopic (exact) mass is 387 g/mol. The van der Waals surface area contributed by atoms with Crippen molar-refractivity contribution in [2.24, 2.45) is 7.05 Å². The van der Waals surface area contributed by atoms with E-state index in [1.54, 1.807) is 30.3 Å². The van der Waals surface area contributed by atoms with Gasteiger partial charge in [0.2, 0.25) is 5.89 Å². The van der Waals surface area contributed by atoms with Crippen molar-refractivity contribution in [3.05, 3.63) is 79.2 Å². The summed E-state index contributed by atoms with van der Waals surface area (Å²) in [6.07, 6.45) is -0.774. The number of nitriles is 1. The molecule has 1 N–H and O–H groups in total. The van der Waals surface area contributed by atoms with Crippen molar-refractivity contribution in [3.8, 4) is 6.07 Å². The highest BCUT2D eigenvalue weighted by atomic mass is 35.5. The summed E-state index contributed by atoms with van der Waals surface area (Å²) in [5, 5.41) is 23.5. The first-order valence-corrected chi connectivity index (χ1v) is 8.23. The van der Waals surface area contributed by atoms with E-state index >= 15 is 0 Å². The van der Waals surface area contributed by atoms with E-state index in [0.717, 1.165) is 15.2 Å². The largest absolute Gasteiger partial charge is 0.388 e. The van der Waals surface area contributed by atoms with Gasteiger partial charge in [-0.3, -0.25) is 13.9 Å². The highest BCUT2D eigenvalue weighted by Gasteiger charge is 2.16. The van der Waals surface area contributed by atoms with E-state index in [1.807, 2.05) is 0 Å². The lowest BCUT2D eigenvalue weighted by atomic mass is 10.1. The van der Waals surface area contributed by atoms with Crippen LogP contribution in [0, 0.1) is 11.3 Å². The van der Waals surface area contributed by atoms with E-state index in [9.17, 15) is 14.7 Å². The summed E-state index contributed by atoms with van der Waals surface area (Å²) in [5.74, 6) is 0.267. The van der Waals surface area contributed by atoms with Crippen LogP contribution in [0.1, 0.15) is 29.1 Å². The van der Waals surface area contributed by atoms with Crippen LogP contribution in [0.15, 0.2) is 44.4 Å². The molecule has 0 aliphatic heterocycles. The molecular weight excluding hydrogens is 374 g/mol. The van der Waals surface area contributed by atoms with Crippen LogP contribution in [-0.4, -0.2) is 24.4 Å². The van der Waals surface area contributed by atoms with Crippen LogP contribution in [0.2, 0.25) is 5.02 Å². The summed E-state index contributed by atoms with van der Waals surface area (Å²) >= 11 is 5.82. The first-order chi connectivity index (χ1) is 12.9. The van der Waals surface area contributed by atoms with Gasteiger partial charge in [0.15, 0.2) is 5.82 Å². The number of hydrogen-bond acceptors (Lipinski definition) is 7. The Morgan fingerprint density at radius 1 is 1.33 bits per heavy atom. The fourth-order valence-electron chi connectivity index (χ4n) is 2.47. The number of hydrogen-bond donors (Lipinski definition) is 1. The third-order valence-electron chi connectivity index (χ3n) is 3.95. The Hall–Kier alpha value is -3.22. The Labute approximate surface area is 157 Å². The molecule has 0 bridgehead atoms. The summed E-state index contributed by atoms with van der Waals surface area (Å²) in [6, 6.07) is 9.53. The fraction of sp³-hybridized carbons (Fsp3) is 0.235. The smallest absolute Gasteiger partial charge is 0.332 e. The Balaban J connectivity index is 1.78. The number of rotatable bonds is 5. The molecule has 2 heterocycles. The second-order valence-corrected chi connectivity index (χ2v) is 6.22. The molecule has 27 heavy (non-hydrogen) atoms. The Morgan fingerprint density at radius 3 is 2.70 bits per heavy atom. The zero-order valence-corrected chi connectivity index (χ0v) is 14.9. The summed E-state index contributed by atoms with van der Waals surface area (Å²) in [4.78, 5) is 28.3. The third kappa shape index (κ3) is 3.97. The zero-order valence-electron chi connectivity index (χ0n) is 14.2. The molecule has 3 aromatic rings. The van der Waals surface area contributed by atoms with Gasteiger partial charge in [-0.05, 0) is 17.7 Å². The second-order valence-electron chi connectivity index (χ2n) is 5.78. The molecular formula is C17H14ClN5O4. The molecule has 0 aliphatic rings. The van der Waals surface area contributed by atoms with Crippen molar-refractivity contribution in [1.29, 1.82) is 5.26 Å². The minimum atomic E-state index is -0.863. The Bertz CT molecular complexity index is 1120. The van der Waals surface area contributed by atoms with Crippen molar-refractivity contribution in [3.63, 3.8) is 0 Å². The van der Waals surface area contributed by atoms with Gasteiger partial charge < -0.3 is 9.63 Å². The second kappa shape index (κ2) is 7.57. The van der Waals surface area contributed by atoms with Crippen LogP contribution in [0.25, 0.3) is 0 Å². The first kappa shape index (κ1) is 18.6. The van der Waals surface area contributed by atoms with Gasteiger partial charge in [0.05, 0.1) is 6.10 Å². The van der Waals surface area contributed by atoms with E-state index in [1.165, 1.54) is 7.05 Å². The van der Waals surface area contributed by atoms with Crippen molar-refractivity contribution in [2.45, 2.75) is 19.1 Å². The number of aliphatic hydroxyl groups is 1. The quantitative estimate of drug-likeness (QED) is 0.685. The van der Waals surface area contributed by atoms with Crippen molar-refractivity contribution < 1.29 is 9.63 Å². The molecule has 0 saturated heterocycles. The van der Waals surface area contributed by atoms with Gasteiger partial charge in [-0.25, -0.2) is 4.79 Å². The standard InChI is InChI=1S/C17H14ClN5O4/c1-22-12(8-19)6-16(25)23(17(22)26)9-15-20-14(21-27-15)7-13(24)10-2-4-11(18)5-3-10/h2-6,13,24H,7,9H2,1H3/t13-/m0/s1. The van der Waals surface area contributed by atoms with E-state index in [-0.39, 0.29) is 30.4 Å². The Morgan fingerprint density at radius 2 is 2.04 bits per heavy atom. The lowest BCUT2D eigenvalue weighted by molar-refractivity contribution is 0.174. The van der Waals surface area contributed by atoms with E-state index in [0.29, 0.717) is 10.6 Å². The maximum absolute atomic E-state index is 12.2. The van der Waals surface area contributed by atoms with E-state index in [2.05, 4.69) is 10.1 Å². The van der Waals surface area contributed by atoms with Gasteiger partial charge in [0.1, 0.15) is 18.3 Å². The highest BCUT2D eigenvalue weighted by Crippen LogP contribution is 2.19. The van der Waals surface area contributed by atoms with Crippen molar-refractivity contribution in [1.82, 2.24) is 19.3 Å². The van der Waals surface area contributed by atoms with Crippen LogP contribution < -0.4 is 11.2 Å². The maximum atomic E-state index is 12.2. The van der Waals surface area contributed by atoms with Crippen LogP contribution >= 0.6 is 11.6 Å². The SMILES string of the molecule is Cn1c(C#N)cc(=O)n(Cc2nc(C[C@H](O)c3ccc(Cl)cc3)no2)c1=O. The molecule has 0 unspecified atom stereocenters. The zero-order chi connectivity index (χ0) is 19.6. The van der Waals surface area contributed by atoms with Crippen LogP contribution in [0.3, 0.4) is 0 Å². The van der Waals surface area contributed by atoms with Gasteiger partial charge in [-0.1, -0.05) is 28.9 Å². The molecule has 1 atom stereocenters. The average molecular weight is 388 g/mol. The van der Waals surface area contributed by atoms with Gasteiger partial charge >= 0.3 is 5.69 Å². The van der Waals surface area contributed by atoms with Gasteiger partial charge in [-0.2, -0.15) is 10.2 Å². The molecule has 0 amide bonds. The summed E-state index contributed by atoms with van der Waals surface area (Å²) < 4.78 is 7.01. The Kier molecular flexibility index (Phi) is 5.21. The van der Waals surface area contributed by atoms with Gasteiger partial charge in [-0.15, -0.1) is 0 Å². The normalized spacial score (nSPS) is 11.9. The molecule has 9 nitrogen and oxygen atoms in total. The van der Waals surface area contributed by atoms with Crippen molar-refractivity contribution >= 4 is 11.6 Å². The molecule has 0 saturated carbocycles. The predicted octanol–water partition coefficient (Wildman–Crippen LogP) is 0.779. The molecule has 10 heteroatoms. The van der Waals surface area contributed by atoms with Gasteiger partial charge in [0.25, 0.3) is 5.56 Å².